The van der Waals surface area contributed by atoms with Crippen LogP contribution in [0.4, 0.5) is 0 Å². The molecule has 0 radical (unpaired) electrons. The molecule has 3 aliphatic carbocycles. The van der Waals surface area contributed by atoms with Crippen molar-refractivity contribution in [2.75, 3.05) is 0 Å². The summed E-state index contributed by atoms with van der Waals surface area (Å²) in [5.74, 6) is -0.719. The molecule has 1 aliphatic heterocycles. The highest BCUT2D eigenvalue weighted by Crippen LogP contribution is 2.64. The largest absolute Gasteiger partial charge is 0.481 e. The minimum atomic E-state index is -1.22. The molecule has 4 N–H and O–H groups in total. The Morgan fingerprint density at radius 3 is 2.57 bits per heavy atom. The predicted molar refractivity (Wildman–Crippen MR) is 102 cm³/mol. The lowest BCUT2D eigenvalue weighted by molar-refractivity contribution is -0.163. The van der Waals surface area contributed by atoms with E-state index in [1.807, 2.05) is 6.92 Å². The van der Waals surface area contributed by atoms with Gasteiger partial charge < -0.3 is 25.2 Å². The summed E-state index contributed by atoms with van der Waals surface area (Å²) >= 11 is 0. The van der Waals surface area contributed by atoms with E-state index in [9.17, 15) is 25.2 Å². The van der Waals surface area contributed by atoms with Crippen molar-refractivity contribution in [3.05, 3.63) is 23.8 Å². The maximum absolute atomic E-state index is 12.1. The molecule has 6 nitrogen and oxygen atoms in total. The van der Waals surface area contributed by atoms with Crippen molar-refractivity contribution < 1.29 is 30.0 Å². The van der Waals surface area contributed by atoms with Crippen LogP contribution in [0.1, 0.15) is 52.9 Å². The van der Waals surface area contributed by atoms with Gasteiger partial charge in [0.15, 0.2) is 0 Å². The fourth-order valence-electron chi connectivity index (χ4n) is 6.69. The second-order valence-electron chi connectivity index (χ2n) is 9.98. The van der Waals surface area contributed by atoms with Crippen LogP contribution in [0.2, 0.25) is 0 Å². The average Bonchev–Trinajstić information content (AvgIpc) is 3.37. The lowest BCUT2D eigenvalue weighted by Gasteiger charge is -2.56. The molecule has 0 aromatic heterocycles. The third-order valence-corrected chi connectivity index (χ3v) is 8.63. The number of carboxylic acid groups (broad SMARTS) is 1. The van der Waals surface area contributed by atoms with Crippen LogP contribution in [0.25, 0.3) is 0 Å². The van der Waals surface area contributed by atoms with Crippen molar-refractivity contribution in [2.45, 2.75) is 82.9 Å². The molecule has 2 saturated carbocycles. The summed E-state index contributed by atoms with van der Waals surface area (Å²) < 4.78 is 5.84. The number of ether oxygens (including phenoxy) is 1. The molecule has 0 amide bonds. The number of epoxide rings is 1. The summed E-state index contributed by atoms with van der Waals surface area (Å²) in [4.78, 5) is 12.1. The molecule has 6 heteroatoms. The number of allylic oxidation sites excluding steroid dienone is 2. The molecule has 0 spiro atoms. The maximum atomic E-state index is 12.1. The quantitative estimate of drug-likeness (QED) is 0.432. The van der Waals surface area contributed by atoms with Gasteiger partial charge in [-0.3, -0.25) is 4.79 Å². The van der Waals surface area contributed by atoms with Crippen LogP contribution < -0.4 is 0 Å². The van der Waals surface area contributed by atoms with Crippen molar-refractivity contribution in [1.29, 1.82) is 0 Å². The first-order valence-corrected chi connectivity index (χ1v) is 10.3. The number of hydrogen-bond donors (Lipinski definition) is 4. The minimum absolute atomic E-state index is 0.000837. The van der Waals surface area contributed by atoms with Gasteiger partial charge >= 0.3 is 5.97 Å². The van der Waals surface area contributed by atoms with Gasteiger partial charge in [-0.2, -0.15) is 0 Å². The van der Waals surface area contributed by atoms with Gasteiger partial charge in [-0.1, -0.05) is 31.6 Å². The van der Waals surface area contributed by atoms with E-state index in [1.54, 1.807) is 0 Å². The van der Waals surface area contributed by atoms with E-state index in [4.69, 9.17) is 4.74 Å². The Bertz CT molecular complexity index is 745. The Kier molecular flexibility index (Phi) is 4.41. The van der Waals surface area contributed by atoms with Crippen LogP contribution in [-0.2, 0) is 9.53 Å². The average molecular weight is 392 g/mol. The molecular weight excluding hydrogens is 360 g/mol. The van der Waals surface area contributed by atoms with Crippen LogP contribution in [0, 0.1) is 22.7 Å². The lowest BCUT2D eigenvalue weighted by atomic mass is 9.47. The molecule has 0 aromatic rings. The van der Waals surface area contributed by atoms with E-state index in [-0.39, 0.29) is 22.8 Å². The molecule has 1 saturated heterocycles. The van der Waals surface area contributed by atoms with Gasteiger partial charge in [0.05, 0.1) is 5.41 Å². The zero-order valence-corrected chi connectivity index (χ0v) is 16.9. The summed E-state index contributed by atoms with van der Waals surface area (Å²) in [6, 6.07) is 0. The Morgan fingerprint density at radius 1 is 1.25 bits per heavy atom. The van der Waals surface area contributed by atoms with Crippen LogP contribution >= 0.6 is 0 Å². The maximum Gasteiger partial charge on any atom is 0.309 e. The van der Waals surface area contributed by atoms with Crippen LogP contribution in [0.5, 0.6) is 0 Å². The number of aliphatic carboxylic acids is 1. The molecule has 28 heavy (non-hydrogen) atoms. The Hall–Kier alpha value is -1.21. The zero-order chi connectivity index (χ0) is 20.6. The molecule has 0 unspecified atom stereocenters. The normalized spacial score (nSPS) is 53.1. The Morgan fingerprint density at radius 2 is 1.93 bits per heavy atom. The van der Waals surface area contributed by atoms with Gasteiger partial charge in [0.25, 0.3) is 0 Å². The summed E-state index contributed by atoms with van der Waals surface area (Å²) in [5.41, 5.74) is -0.636. The molecule has 9 atom stereocenters. The SMILES string of the molecule is C=C1[C@@H](O)[C@@H](O)[C@@]2(C[C@@H]3C(C)=CC[C@@H]4[C@]3(C)CCC[C@@]4(C)C(=O)O)O[C@H]2[C@H]1O. The van der Waals surface area contributed by atoms with E-state index < -0.39 is 41.4 Å². The molecular formula is C22H32O6. The molecule has 3 fully saturated rings. The first kappa shape index (κ1) is 20.1. The fraction of sp³-hybridized carbons (Fsp3) is 0.773. The van der Waals surface area contributed by atoms with Gasteiger partial charge in [0.1, 0.15) is 30.0 Å². The van der Waals surface area contributed by atoms with Gasteiger partial charge in [0.2, 0.25) is 0 Å². The van der Waals surface area contributed by atoms with E-state index in [0.717, 1.165) is 19.3 Å². The minimum Gasteiger partial charge on any atom is -0.481 e. The van der Waals surface area contributed by atoms with E-state index in [1.165, 1.54) is 5.57 Å². The molecule has 4 aliphatic rings. The predicted octanol–water partition coefficient (Wildman–Crippen LogP) is 2.03. The van der Waals surface area contributed by atoms with Crippen molar-refractivity contribution in [3.63, 3.8) is 0 Å². The lowest BCUT2D eigenvalue weighted by Crippen LogP contribution is -2.56. The van der Waals surface area contributed by atoms with E-state index >= 15 is 0 Å². The first-order valence-electron chi connectivity index (χ1n) is 10.3. The fourth-order valence-corrected chi connectivity index (χ4v) is 6.69. The summed E-state index contributed by atoms with van der Waals surface area (Å²) in [6.45, 7) is 9.80. The first-order chi connectivity index (χ1) is 13.0. The van der Waals surface area contributed by atoms with Gasteiger partial charge in [-0.25, -0.2) is 0 Å². The number of rotatable bonds is 3. The summed E-state index contributed by atoms with van der Waals surface area (Å²) in [6.07, 6.45) is 1.86. The molecule has 156 valence electrons. The van der Waals surface area contributed by atoms with Crippen molar-refractivity contribution in [1.82, 2.24) is 0 Å². The monoisotopic (exact) mass is 392 g/mol. The van der Waals surface area contributed by atoms with Crippen LogP contribution in [0.3, 0.4) is 0 Å². The summed E-state index contributed by atoms with van der Waals surface area (Å²) in [5, 5.41) is 41.5. The Labute approximate surface area is 165 Å². The number of fused-ring (bicyclic) bond motifs is 2. The summed E-state index contributed by atoms with van der Waals surface area (Å²) in [7, 11) is 0. The molecule has 4 rings (SSSR count). The van der Waals surface area contributed by atoms with Gasteiger partial charge in [-0.05, 0) is 62.4 Å². The van der Waals surface area contributed by atoms with Crippen LogP contribution in [-0.4, -0.2) is 56.4 Å². The number of carbonyl (C=O) groups is 1. The highest BCUT2D eigenvalue weighted by Gasteiger charge is 2.71. The van der Waals surface area contributed by atoms with Gasteiger partial charge in [-0.15, -0.1) is 0 Å². The molecule has 0 bridgehead atoms. The van der Waals surface area contributed by atoms with Crippen molar-refractivity contribution in [3.8, 4) is 0 Å². The van der Waals surface area contributed by atoms with Gasteiger partial charge in [0, 0.05) is 0 Å². The van der Waals surface area contributed by atoms with Crippen molar-refractivity contribution in [2.24, 2.45) is 22.7 Å². The highest BCUT2D eigenvalue weighted by atomic mass is 16.6. The third-order valence-electron chi connectivity index (χ3n) is 8.63. The standard InChI is InChI=1S/C22H32O6/c1-11-6-7-14-20(3,8-5-9-21(14,4)19(26)27)13(11)10-22-17(25)15(23)12(2)16(24)18(22)28-22/h6,13-18,23-25H,2,5,7-10H2,1,3-4H3,(H,26,27)/t13-,14-,15-,16+,17-,18+,20-,21-,22-/m1/s1. The van der Waals surface area contributed by atoms with E-state index in [2.05, 4.69) is 26.5 Å². The highest BCUT2D eigenvalue weighted by molar-refractivity contribution is 5.75. The number of hydrogen-bond acceptors (Lipinski definition) is 5. The van der Waals surface area contributed by atoms with E-state index in [0.29, 0.717) is 12.8 Å². The number of carboxylic acids is 1. The molecule has 1 heterocycles. The molecule has 0 aromatic carbocycles. The second kappa shape index (κ2) is 6.14. The zero-order valence-electron chi connectivity index (χ0n) is 16.9. The Balaban J connectivity index is 1.68. The topological polar surface area (TPSA) is 111 Å². The van der Waals surface area contributed by atoms with Crippen LogP contribution in [0.15, 0.2) is 23.8 Å². The number of aliphatic hydroxyl groups excluding tert-OH is 3. The number of aliphatic hydroxyl groups is 3. The smallest absolute Gasteiger partial charge is 0.309 e. The second-order valence-corrected chi connectivity index (χ2v) is 9.98. The third kappa shape index (κ3) is 2.44. The van der Waals surface area contributed by atoms with Crippen molar-refractivity contribution >= 4 is 5.97 Å².